The number of nitrogens with one attached hydrogen (secondary N) is 1. The van der Waals surface area contributed by atoms with Gasteiger partial charge >= 0.3 is 0 Å². The second kappa shape index (κ2) is 4.94. The molecule has 0 radical (unpaired) electrons. The van der Waals surface area contributed by atoms with Crippen molar-refractivity contribution < 1.29 is 9.59 Å². The number of Topliss-reactive ketones (excluding diaryl/α,β-unsaturated/α-hetero) is 1. The van der Waals surface area contributed by atoms with Crippen LogP contribution in [0.2, 0.25) is 0 Å². The van der Waals surface area contributed by atoms with Crippen LogP contribution in [0, 0.1) is 29.6 Å². The van der Waals surface area contributed by atoms with Crippen LogP contribution >= 0.6 is 0 Å². The molecular formula is C19H25NO2. The van der Waals surface area contributed by atoms with Crippen molar-refractivity contribution >= 4 is 17.4 Å². The van der Waals surface area contributed by atoms with Gasteiger partial charge in [0, 0.05) is 23.4 Å². The lowest BCUT2D eigenvalue weighted by Gasteiger charge is -2.32. The van der Waals surface area contributed by atoms with Crippen molar-refractivity contribution in [2.45, 2.75) is 47.0 Å². The molecule has 0 spiro atoms. The molecule has 2 aliphatic carbocycles. The van der Waals surface area contributed by atoms with Crippen LogP contribution in [0.1, 0.15) is 45.6 Å². The van der Waals surface area contributed by atoms with Crippen LogP contribution in [0.15, 0.2) is 24.3 Å². The van der Waals surface area contributed by atoms with Gasteiger partial charge < -0.3 is 5.32 Å². The number of hydrogen-bond donors (Lipinski definition) is 1. The number of amides is 1. The molecule has 3 rings (SSSR count). The van der Waals surface area contributed by atoms with Crippen molar-refractivity contribution in [1.82, 2.24) is 0 Å². The van der Waals surface area contributed by atoms with E-state index in [-0.39, 0.29) is 22.7 Å². The molecule has 118 valence electrons. The van der Waals surface area contributed by atoms with Gasteiger partial charge in [0.05, 0.1) is 0 Å². The fraction of sp³-hybridized carbons (Fsp3) is 0.579. The van der Waals surface area contributed by atoms with E-state index in [4.69, 9.17) is 0 Å². The molecule has 2 aliphatic rings. The second-order valence-electron chi connectivity index (χ2n) is 7.79. The summed E-state index contributed by atoms with van der Waals surface area (Å²) < 4.78 is 0. The van der Waals surface area contributed by atoms with E-state index in [0.717, 1.165) is 24.1 Å². The number of ketones is 1. The monoisotopic (exact) mass is 299 g/mol. The lowest BCUT2D eigenvalue weighted by Crippen LogP contribution is -2.34. The fourth-order valence-electron chi connectivity index (χ4n) is 4.56. The van der Waals surface area contributed by atoms with Gasteiger partial charge in [-0.15, -0.1) is 0 Å². The van der Waals surface area contributed by atoms with Crippen molar-refractivity contribution in [3.05, 3.63) is 29.8 Å². The minimum atomic E-state index is -0.244. The zero-order valence-electron chi connectivity index (χ0n) is 13.9. The molecule has 2 fully saturated rings. The average Bonchev–Trinajstić information content (AvgIpc) is 2.76. The minimum Gasteiger partial charge on any atom is -0.326 e. The zero-order valence-corrected chi connectivity index (χ0v) is 13.9. The van der Waals surface area contributed by atoms with Gasteiger partial charge in [0.25, 0.3) is 0 Å². The third-order valence-corrected chi connectivity index (χ3v) is 6.41. The van der Waals surface area contributed by atoms with Crippen LogP contribution < -0.4 is 5.32 Å². The Kier molecular flexibility index (Phi) is 3.42. The van der Waals surface area contributed by atoms with Crippen molar-refractivity contribution in [1.29, 1.82) is 0 Å². The van der Waals surface area contributed by atoms with E-state index in [0.29, 0.717) is 18.1 Å². The third-order valence-electron chi connectivity index (χ3n) is 6.41. The number of hydrogen-bond acceptors (Lipinski definition) is 2. The van der Waals surface area contributed by atoms with Crippen molar-refractivity contribution in [2.75, 3.05) is 5.32 Å². The summed E-state index contributed by atoms with van der Waals surface area (Å²) in [6.07, 6.45) is 2.35. The highest BCUT2D eigenvalue weighted by Crippen LogP contribution is 2.66. The predicted molar refractivity (Wildman–Crippen MR) is 87.5 cm³/mol. The van der Waals surface area contributed by atoms with Gasteiger partial charge in [-0.25, -0.2) is 0 Å². The van der Waals surface area contributed by atoms with Gasteiger partial charge in [-0.1, -0.05) is 38.5 Å². The Morgan fingerprint density at radius 3 is 2.41 bits per heavy atom. The highest BCUT2D eigenvalue weighted by molar-refractivity contribution is 5.98. The van der Waals surface area contributed by atoms with E-state index in [9.17, 15) is 9.59 Å². The minimum absolute atomic E-state index is 0.0128. The molecule has 2 saturated carbocycles. The Morgan fingerprint density at radius 2 is 1.86 bits per heavy atom. The number of benzene rings is 1. The van der Waals surface area contributed by atoms with Crippen LogP contribution in [0.4, 0.5) is 5.69 Å². The van der Waals surface area contributed by atoms with Crippen molar-refractivity contribution in [3.63, 3.8) is 0 Å². The first-order valence-electron chi connectivity index (χ1n) is 8.16. The maximum Gasteiger partial charge on any atom is 0.225 e. The summed E-state index contributed by atoms with van der Waals surface area (Å²) in [6.45, 7) is 8.50. The molecule has 1 N–H and O–H groups in total. The average molecular weight is 299 g/mol. The van der Waals surface area contributed by atoms with Crippen LogP contribution in [0.3, 0.4) is 0 Å². The molecule has 0 aliphatic heterocycles. The van der Waals surface area contributed by atoms with Gasteiger partial charge in [0.15, 0.2) is 0 Å². The highest BCUT2D eigenvalue weighted by Gasteiger charge is 2.66. The largest absolute Gasteiger partial charge is 0.326 e. The third kappa shape index (κ3) is 2.10. The van der Waals surface area contributed by atoms with E-state index in [1.54, 1.807) is 0 Å². The maximum absolute atomic E-state index is 12.8. The van der Waals surface area contributed by atoms with Gasteiger partial charge in [0.1, 0.15) is 5.78 Å². The smallest absolute Gasteiger partial charge is 0.225 e. The molecule has 1 aromatic rings. The number of anilines is 1. The number of fused-ring (bicyclic) bond motifs is 2. The summed E-state index contributed by atoms with van der Waals surface area (Å²) in [5.41, 5.74) is 1.73. The summed E-state index contributed by atoms with van der Waals surface area (Å²) >= 11 is 0. The maximum atomic E-state index is 12.8. The van der Waals surface area contributed by atoms with Crippen molar-refractivity contribution in [3.8, 4) is 0 Å². The Balaban J connectivity index is 1.70. The lowest BCUT2D eigenvalue weighted by atomic mass is 9.70. The van der Waals surface area contributed by atoms with E-state index in [2.05, 4.69) is 26.1 Å². The first-order valence-corrected chi connectivity index (χ1v) is 8.16. The molecule has 0 heterocycles. The summed E-state index contributed by atoms with van der Waals surface area (Å²) in [7, 11) is 0. The molecule has 2 bridgehead atoms. The molecule has 3 heteroatoms. The van der Waals surface area contributed by atoms with Gasteiger partial charge in [-0.2, -0.15) is 0 Å². The number of rotatable bonds is 3. The Morgan fingerprint density at radius 1 is 1.23 bits per heavy atom. The van der Waals surface area contributed by atoms with Crippen molar-refractivity contribution in [2.24, 2.45) is 22.7 Å². The SMILES string of the molecule is Cc1ccc(NC(=O)C[C@@H]2C(=O)[C@]3(C)CC[C@H]2C3(C)C)cc1. The van der Waals surface area contributed by atoms with E-state index in [1.165, 1.54) is 0 Å². The number of carbonyl (C=O) groups is 2. The predicted octanol–water partition coefficient (Wildman–Crippen LogP) is 3.97. The lowest BCUT2D eigenvalue weighted by molar-refractivity contribution is -0.133. The van der Waals surface area contributed by atoms with E-state index < -0.39 is 0 Å². The molecule has 1 aromatic carbocycles. The molecule has 3 nitrogen and oxygen atoms in total. The quantitative estimate of drug-likeness (QED) is 0.918. The molecule has 0 aromatic heterocycles. The molecule has 0 unspecified atom stereocenters. The van der Waals surface area contributed by atoms with E-state index in [1.807, 2.05) is 31.2 Å². The number of aryl methyl sites for hydroxylation is 1. The molecule has 0 saturated heterocycles. The van der Waals surface area contributed by atoms with Crippen LogP contribution in [-0.4, -0.2) is 11.7 Å². The molecule has 22 heavy (non-hydrogen) atoms. The van der Waals surface area contributed by atoms with Gasteiger partial charge in [0.2, 0.25) is 5.91 Å². The molecule has 1 amide bonds. The zero-order chi connectivity index (χ0) is 16.1. The van der Waals surface area contributed by atoms with Gasteiger partial charge in [-0.05, 0) is 43.2 Å². The Labute approximate surface area is 132 Å². The highest BCUT2D eigenvalue weighted by atomic mass is 16.2. The fourth-order valence-corrected chi connectivity index (χ4v) is 4.56. The van der Waals surface area contributed by atoms with Crippen LogP contribution in [0.25, 0.3) is 0 Å². The topological polar surface area (TPSA) is 46.2 Å². The summed E-state index contributed by atoms with van der Waals surface area (Å²) in [4.78, 5) is 25.1. The first-order chi connectivity index (χ1) is 10.3. The second-order valence-corrected chi connectivity index (χ2v) is 7.79. The van der Waals surface area contributed by atoms with Crippen LogP contribution in [0.5, 0.6) is 0 Å². The first kappa shape index (κ1) is 15.3. The summed E-state index contributed by atoms with van der Waals surface area (Å²) in [5, 5.41) is 2.92. The Bertz CT molecular complexity index is 617. The summed E-state index contributed by atoms with van der Waals surface area (Å²) in [6, 6.07) is 7.76. The standard InChI is InChI=1S/C19H25NO2/c1-12-5-7-13(8-6-12)20-16(21)11-14-15-9-10-19(4,17(14)22)18(15,2)3/h5-8,14-15H,9-11H2,1-4H3,(H,20,21)/t14-,15+,19-/m0/s1. The van der Waals surface area contributed by atoms with Crippen LogP contribution in [-0.2, 0) is 9.59 Å². The normalized spacial score (nSPS) is 32.3. The summed E-state index contributed by atoms with van der Waals surface area (Å²) in [5.74, 6) is 0.481. The van der Waals surface area contributed by atoms with E-state index >= 15 is 0 Å². The molecular weight excluding hydrogens is 274 g/mol. The Hall–Kier alpha value is -1.64. The van der Waals surface area contributed by atoms with Gasteiger partial charge in [-0.3, -0.25) is 9.59 Å². The molecule has 3 atom stereocenters. The number of carbonyl (C=O) groups excluding carboxylic acids is 2.